The van der Waals surface area contributed by atoms with Crippen molar-refractivity contribution in [2.45, 2.75) is 44.8 Å². The van der Waals surface area contributed by atoms with E-state index in [9.17, 15) is 10.4 Å². The molecule has 0 saturated heterocycles. The van der Waals surface area contributed by atoms with E-state index in [-0.39, 0.29) is 12.0 Å². The molecular formula is C25H27ClN4O3. The smallest absolute Gasteiger partial charge is 0.258 e. The van der Waals surface area contributed by atoms with Crippen LogP contribution in [0.3, 0.4) is 0 Å². The van der Waals surface area contributed by atoms with E-state index in [2.05, 4.69) is 27.6 Å². The number of aliphatic hydroxyl groups excluding tert-OH is 1. The van der Waals surface area contributed by atoms with Crippen molar-refractivity contribution in [2.24, 2.45) is 0 Å². The van der Waals surface area contributed by atoms with E-state index >= 15 is 0 Å². The molecule has 8 heteroatoms. The zero-order valence-corrected chi connectivity index (χ0v) is 19.5. The molecule has 3 aromatic rings. The number of alkyl halides is 1. The van der Waals surface area contributed by atoms with Gasteiger partial charge in [-0.3, -0.25) is 0 Å². The number of halogens is 1. The van der Waals surface area contributed by atoms with Crippen LogP contribution in [0.5, 0.6) is 5.75 Å². The highest BCUT2D eigenvalue weighted by atomic mass is 35.5. The highest BCUT2D eigenvalue weighted by molar-refractivity contribution is 6.18. The second kappa shape index (κ2) is 10.3. The van der Waals surface area contributed by atoms with Gasteiger partial charge in [0, 0.05) is 30.1 Å². The molecule has 1 aliphatic rings. The molecule has 0 saturated carbocycles. The number of hydrogen-bond donors (Lipinski definition) is 2. The summed E-state index contributed by atoms with van der Waals surface area (Å²) in [6.45, 7) is 5.10. The van der Waals surface area contributed by atoms with Crippen LogP contribution in [0, 0.1) is 11.3 Å². The fraction of sp³-hybridized carbons (Fsp3) is 0.400. The molecule has 2 N–H and O–H groups in total. The number of nitriles is 1. The van der Waals surface area contributed by atoms with Gasteiger partial charge in [-0.25, -0.2) is 0 Å². The number of nitrogens with zero attached hydrogens (tertiary/aromatic N) is 3. The average Bonchev–Trinajstić information content (AvgIpc) is 3.46. The third-order valence-electron chi connectivity index (χ3n) is 5.72. The van der Waals surface area contributed by atoms with E-state index in [1.54, 1.807) is 12.1 Å². The highest BCUT2D eigenvalue weighted by Gasteiger charge is 2.26. The maximum atomic E-state index is 9.66. The monoisotopic (exact) mass is 466 g/mol. The summed E-state index contributed by atoms with van der Waals surface area (Å²) in [6, 6.07) is 13.6. The largest absolute Gasteiger partial charge is 0.490 e. The van der Waals surface area contributed by atoms with Crippen LogP contribution in [0.2, 0.25) is 0 Å². The molecule has 1 aliphatic carbocycles. The molecule has 2 unspecified atom stereocenters. The maximum Gasteiger partial charge on any atom is 0.258 e. The summed E-state index contributed by atoms with van der Waals surface area (Å²) in [7, 11) is 0. The summed E-state index contributed by atoms with van der Waals surface area (Å²) < 4.78 is 11.2. The quantitative estimate of drug-likeness (QED) is 0.453. The Morgan fingerprint density at radius 1 is 1.33 bits per heavy atom. The van der Waals surface area contributed by atoms with Gasteiger partial charge >= 0.3 is 0 Å². The van der Waals surface area contributed by atoms with Crippen LogP contribution in [0.1, 0.15) is 42.9 Å². The number of aliphatic hydroxyl groups is 1. The number of aromatic nitrogens is 2. The standard InChI is InChI=1S/C25H27ClN4O3/c1-15(2)32-23-9-7-16(10-18(23)12-27)25-29-24(30-33-25)22-5-3-4-20-17(6-8-21(20)22)13-28-14-19(31)11-26/h3-5,7,9-10,15,17,19,28,31H,6,8,11,13-14H2,1-2H3. The zero-order chi connectivity index (χ0) is 23.4. The van der Waals surface area contributed by atoms with Crippen molar-refractivity contribution in [1.29, 1.82) is 5.26 Å². The Balaban J connectivity index is 1.55. The molecule has 33 heavy (non-hydrogen) atoms. The lowest BCUT2D eigenvalue weighted by molar-refractivity contribution is 0.194. The molecule has 0 fully saturated rings. The first kappa shape index (κ1) is 23.2. The van der Waals surface area contributed by atoms with E-state index < -0.39 is 6.10 Å². The lowest BCUT2D eigenvalue weighted by atomic mass is 9.98. The van der Waals surface area contributed by atoms with Crippen LogP contribution in [-0.4, -0.2) is 46.4 Å². The second-order valence-corrected chi connectivity index (χ2v) is 8.80. The zero-order valence-electron chi connectivity index (χ0n) is 18.7. The summed E-state index contributed by atoms with van der Waals surface area (Å²) in [4.78, 5) is 4.62. The van der Waals surface area contributed by atoms with Gasteiger partial charge in [0.05, 0.1) is 17.8 Å². The minimum Gasteiger partial charge on any atom is -0.490 e. The Morgan fingerprint density at radius 3 is 2.94 bits per heavy atom. The molecule has 7 nitrogen and oxygen atoms in total. The number of benzene rings is 2. The lowest BCUT2D eigenvalue weighted by Gasteiger charge is -2.15. The molecule has 2 atom stereocenters. The fourth-order valence-electron chi connectivity index (χ4n) is 4.20. The molecule has 1 aromatic heterocycles. The molecule has 0 spiro atoms. The van der Waals surface area contributed by atoms with Crippen molar-refractivity contribution in [3.63, 3.8) is 0 Å². The fourth-order valence-corrected chi connectivity index (χ4v) is 4.31. The van der Waals surface area contributed by atoms with Gasteiger partial charge in [-0.15, -0.1) is 11.6 Å². The third kappa shape index (κ3) is 5.19. The SMILES string of the molecule is CC(C)Oc1ccc(-c2nc(-c3cccc4c3CCC4CNCC(O)CCl)no2)cc1C#N. The van der Waals surface area contributed by atoms with Crippen LogP contribution in [0.25, 0.3) is 22.8 Å². The third-order valence-corrected chi connectivity index (χ3v) is 6.08. The molecule has 172 valence electrons. The molecule has 0 radical (unpaired) electrons. The van der Waals surface area contributed by atoms with Crippen molar-refractivity contribution in [2.75, 3.05) is 19.0 Å². The summed E-state index contributed by atoms with van der Waals surface area (Å²) in [5.74, 6) is 2.02. The van der Waals surface area contributed by atoms with Crippen molar-refractivity contribution in [3.05, 3.63) is 53.1 Å². The Kier molecular flexibility index (Phi) is 7.29. The van der Waals surface area contributed by atoms with Gasteiger partial charge in [0.25, 0.3) is 5.89 Å². The Hall–Kier alpha value is -2.92. The number of hydrogen-bond acceptors (Lipinski definition) is 7. The number of ether oxygens (including phenoxy) is 1. The van der Waals surface area contributed by atoms with Crippen LogP contribution in [-0.2, 0) is 6.42 Å². The Morgan fingerprint density at radius 2 is 2.18 bits per heavy atom. The molecule has 2 aromatic carbocycles. The molecule has 1 heterocycles. The predicted octanol–water partition coefficient (Wildman–Crippen LogP) is 4.28. The molecule has 4 rings (SSSR count). The topological polar surface area (TPSA) is 104 Å². The van der Waals surface area contributed by atoms with E-state index in [4.69, 9.17) is 20.9 Å². The number of rotatable bonds is 9. The predicted molar refractivity (Wildman–Crippen MR) is 126 cm³/mol. The van der Waals surface area contributed by atoms with E-state index in [0.717, 1.165) is 24.9 Å². The molecular weight excluding hydrogens is 440 g/mol. The number of fused-ring (bicyclic) bond motifs is 1. The normalized spacial score (nSPS) is 15.9. The highest BCUT2D eigenvalue weighted by Crippen LogP contribution is 2.38. The summed E-state index contributed by atoms with van der Waals surface area (Å²) >= 11 is 5.67. The Labute approximate surface area is 198 Å². The van der Waals surface area contributed by atoms with Crippen molar-refractivity contribution in [3.8, 4) is 34.7 Å². The van der Waals surface area contributed by atoms with E-state index in [0.29, 0.717) is 41.1 Å². The van der Waals surface area contributed by atoms with Gasteiger partial charge in [-0.1, -0.05) is 23.4 Å². The Bertz CT molecular complexity index is 1150. The first-order chi connectivity index (χ1) is 16.0. The van der Waals surface area contributed by atoms with Crippen LogP contribution < -0.4 is 10.1 Å². The van der Waals surface area contributed by atoms with Gasteiger partial charge < -0.3 is 19.7 Å². The summed E-state index contributed by atoms with van der Waals surface area (Å²) in [6.07, 6.45) is 1.38. The molecule has 0 bridgehead atoms. The van der Waals surface area contributed by atoms with Crippen molar-refractivity contribution >= 4 is 11.6 Å². The lowest BCUT2D eigenvalue weighted by Crippen LogP contribution is -2.30. The van der Waals surface area contributed by atoms with Gasteiger partial charge in [0.2, 0.25) is 5.82 Å². The molecule has 0 aliphatic heterocycles. The minimum absolute atomic E-state index is 0.0254. The van der Waals surface area contributed by atoms with Gasteiger partial charge in [-0.2, -0.15) is 10.2 Å². The van der Waals surface area contributed by atoms with Crippen LogP contribution in [0.4, 0.5) is 0 Å². The van der Waals surface area contributed by atoms with Crippen molar-refractivity contribution < 1.29 is 14.4 Å². The molecule has 0 amide bonds. The first-order valence-electron chi connectivity index (χ1n) is 11.1. The van der Waals surface area contributed by atoms with E-state index in [1.165, 1.54) is 11.1 Å². The van der Waals surface area contributed by atoms with Gasteiger partial charge in [0.15, 0.2) is 0 Å². The minimum atomic E-state index is -0.538. The second-order valence-electron chi connectivity index (χ2n) is 8.49. The average molecular weight is 467 g/mol. The van der Waals surface area contributed by atoms with Crippen molar-refractivity contribution in [1.82, 2.24) is 15.5 Å². The van der Waals surface area contributed by atoms with Gasteiger partial charge in [-0.05, 0) is 61.9 Å². The number of nitrogens with one attached hydrogen (secondary N) is 1. The maximum absolute atomic E-state index is 9.66. The van der Waals surface area contributed by atoms with Crippen LogP contribution in [0.15, 0.2) is 40.9 Å². The summed E-state index contributed by atoms with van der Waals surface area (Å²) in [5.41, 5.74) is 4.57. The summed E-state index contributed by atoms with van der Waals surface area (Å²) in [5, 5.41) is 26.7. The first-order valence-corrected chi connectivity index (χ1v) is 11.7. The van der Waals surface area contributed by atoms with Gasteiger partial charge in [0.1, 0.15) is 11.8 Å². The van der Waals surface area contributed by atoms with E-state index in [1.807, 2.05) is 32.0 Å². The van der Waals surface area contributed by atoms with Crippen LogP contribution >= 0.6 is 11.6 Å².